The molecule has 0 spiro atoms. The Morgan fingerprint density at radius 2 is 1.71 bits per heavy atom. The molecule has 24 heavy (non-hydrogen) atoms. The predicted octanol–water partition coefficient (Wildman–Crippen LogP) is 3.78. The molecule has 2 aliphatic carbocycles. The number of hydrazone groups is 1. The highest BCUT2D eigenvalue weighted by Crippen LogP contribution is 2.39. The molecule has 0 radical (unpaired) electrons. The summed E-state index contributed by atoms with van der Waals surface area (Å²) in [5, 5.41) is 4.40. The molecule has 0 unspecified atom stereocenters. The largest absolute Gasteiger partial charge is 0.497 e. The third-order valence-electron chi connectivity index (χ3n) is 5.30. The smallest absolute Gasteiger partial charge is 0.271 e. The van der Waals surface area contributed by atoms with Crippen molar-refractivity contribution in [2.24, 2.45) is 16.9 Å². The van der Waals surface area contributed by atoms with Crippen LogP contribution in [0.2, 0.25) is 0 Å². The summed E-state index contributed by atoms with van der Waals surface area (Å²) in [5.41, 5.74) is 4.32. The molecular formula is C19H26N2O3. The lowest BCUT2D eigenvalue weighted by Crippen LogP contribution is -2.29. The molecule has 2 aliphatic rings. The maximum atomic E-state index is 12.4. The van der Waals surface area contributed by atoms with Crippen LogP contribution in [-0.2, 0) is 0 Å². The Morgan fingerprint density at radius 1 is 1.04 bits per heavy atom. The first-order valence-corrected chi connectivity index (χ1v) is 8.78. The highest BCUT2D eigenvalue weighted by molar-refractivity contribution is 5.96. The molecule has 0 bridgehead atoms. The van der Waals surface area contributed by atoms with E-state index in [1.54, 1.807) is 32.4 Å². The third kappa shape index (κ3) is 3.89. The average Bonchev–Trinajstić information content (AvgIpc) is 2.65. The van der Waals surface area contributed by atoms with Crippen LogP contribution >= 0.6 is 0 Å². The van der Waals surface area contributed by atoms with Crippen molar-refractivity contribution in [3.05, 3.63) is 23.8 Å². The molecule has 0 saturated heterocycles. The fourth-order valence-corrected chi connectivity index (χ4v) is 3.92. The van der Waals surface area contributed by atoms with Gasteiger partial charge in [-0.15, -0.1) is 0 Å². The Morgan fingerprint density at radius 3 is 2.38 bits per heavy atom. The van der Waals surface area contributed by atoms with E-state index >= 15 is 0 Å². The molecule has 1 N–H and O–H groups in total. The molecule has 0 aliphatic heterocycles. The van der Waals surface area contributed by atoms with Crippen LogP contribution in [0.3, 0.4) is 0 Å². The number of fused-ring (bicyclic) bond motifs is 1. The Balaban J connectivity index is 1.64. The quantitative estimate of drug-likeness (QED) is 0.855. The second-order valence-corrected chi connectivity index (χ2v) is 6.77. The van der Waals surface area contributed by atoms with Gasteiger partial charge in [0.25, 0.3) is 5.91 Å². The van der Waals surface area contributed by atoms with Crippen LogP contribution in [0.5, 0.6) is 11.5 Å². The summed E-state index contributed by atoms with van der Waals surface area (Å²) in [7, 11) is 3.14. The lowest BCUT2D eigenvalue weighted by Gasteiger charge is -2.35. The molecule has 2 atom stereocenters. The molecule has 2 saturated carbocycles. The van der Waals surface area contributed by atoms with E-state index in [0.29, 0.717) is 17.1 Å². The lowest BCUT2D eigenvalue weighted by atomic mass is 9.70. The third-order valence-corrected chi connectivity index (χ3v) is 5.30. The van der Waals surface area contributed by atoms with Crippen LogP contribution in [0.1, 0.15) is 55.3 Å². The van der Waals surface area contributed by atoms with Crippen LogP contribution < -0.4 is 14.9 Å². The summed E-state index contributed by atoms with van der Waals surface area (Å²) < 4.78 is 10.4. The number of carbonyl (C=O) groups is 1. The number of nitrogens with one attached hydrogen (secondary N) is 1. The molecular weight excluding hydrogens is 304 g/mol. The van der Waals surface area contributed by atoms with Gasteiger partial charge in [-0.3, -0.25) is 4.79 Å². The van der Waals surface area contributed by atoms with Gasteiger partial charge in [0, 0.05) is 17.3 Å². The lowest BCUT2D eigenvalue weighted by molar-refractivity contribution is 0.0953. The Hall–Kier alpha value is -2.04. The molecule has 1 amide bonds. The monoisotopic (exact) mass is 330 g/mol. The van der Waals surface area contributed by atoms with E-state index < -0.39 is 0 Å². The number of benzene rings is 1. The maximum absolute atomic E-state index is 12.4. The summed E-state index contributed by atoms with van der Waals surface area (Å²) in [6.07, 6.45) is 8.65. The van der Waals surface area contributed by atoms with Crippen LogP contribution in [-0.4, -0.2) is 25.8 Å². The zero-order valence-corrected chi connectivity index (χ0v) is 14.5. The highest BCUT2D eigenvalue weighted by Gasteiger charge is 2.30. The minimum atomic E-state index is -0.231. The van der Waals surface area contributed by atoms with Crippen molar-refractivity contribution in [2.75, 3.05) is 14.2 Å². The van der Waals surface area contributed by atoms with Gasteiger partial charge in [-0.25, -0.2) is 5.43 Å². The number of nitrogens with zero attached hydrogens (tertiary/aromatic N) is 1. The summed E-state index contributed by atoms with van der Waals surface area (Å²) >= 11 is 0. The van der Waals surface area contributed by atoms with E-state index in [1.165, 1.54) is 32.1 Å². The van der Waals surface area contributed by atoms with Crippen molar-refractivity contribution >= 4 is 11.6 Å². The van der Waals surface area contributed by atoms with E-state index in [4.69, 9.17) is 9.47 Å². The number of carbonyl (C=O) groups excluding carboxylic acids is 1. The molecule has 0 aromatic heterocycles. The Bertz CT molecular complexity index is 605. The second-order valence-electron chi connectivity index (χ2n) is 6.77. The molecule has 5 heteroatoms. The molecule has 1 aromatic carbocycles. The van der Waals surface area contributed by atoms with E-state index in [9.17, 15) is 4.79 Å². The molecule has 1 aromatic rings. The molecule has 3 rings (SSSR count). The van der Waals surface area contributed by atoms with Crippen LogP contribution in [0.25, 0.3) is 0 Å². The van der Waals surface area contributed by atoms with Gasteiger partial charge in [0.15, 0.2) is 0 Å². The second kappa shape index (κ2) is 7.69. The molecule has 5 nitrogen and oxygen atoms in total. The molecule has 0 heterocycles. The zero-order chi connectivity index (χ0) is 16.9. The minimum absolute atomic E-state index is 0.231. The van der Waals surface area contributed by atoms with Crippen molar-refractivity contribution in [3.8, 4) is 11.5 Å². The first-order valence-electron chi connectivity index (χ1n) is 8.78. The van der Waals surface area contributed by atoms with E-state index in [0.717, 1.165) is 30.4 Å². The van der Waals surface area contributed by atoms with Gasteiger partial charge < -0.3 is 9.47 Å². The van der Waals surface area contributed by atoms with Crippen molar-refractivity contribution in [1.29, 1.82) is 0 Å². The van der Waals surface area contributed by atoms with Gasteiger partial charge in [-0.1, -0.05) is 19.3 Å². The van der Waals surface area contributed by atoms with Crippen molar-refractivity contribution < 1.29 is 14.3 Å². The van der Waals surface area contributed by atoms with E-state index in [1.807, 2.05) is 0 Å². The predicted molar refractivity (Wildman–Crippen MR) is 93.7 cm³/mol. The van der Waals surface area contributed by atoms with Crippen molar-refractivity contribution in [3.63, 3.8) is 0 Å². The first-order chi connectivity index (χ1) is 11.7. The zero-order valence-electron chi connectivity index (χ0n) is 14.5. The molecule has 2 fully saturated rings. The van der Waals surface area contributed by atoms with E-state index in [2.05, 4.69) is 10.5 Å². The van der Waals surface area contributed by atoms with Gasteiger partial charge >= 0.3 is 0 Å². The van der Waals surface area contributed by atoms with Gasteiger partial charge in [-0.2, -0.15) is 5.10 Å². The molecule has 130 valence electrons. The summed E-state index contributed by atoms with van der Waals surface area (Å²) in [4.78, 5) is 12.4. The Kier molecular flexibility index (Phi) is 5.38. The van der Waals surface area contributed by atoms with Crippen molar-refractivity contribution in [1.82, 2.24) is 5.43 Å². The first kappa shape index (κ1) is 16.8. The van der Waals surface area contributed by atoms with E-state index in [-0.39, 0.29) is 5.91 Å². The maximum Gasteiger partial charge on any atom is 0.271 e. The van der Waals surface area contributed by atoms with Gasteiger partial charge in [0.1, 0.15) is 11.5 Å². The number of amides is 1. The number of ether oxygens (including phenoxy) is 2. The number of methoxy groups -OCH3 is 2. The van der Waals surface area contributed by atoms with Crippen LogP contribution in [0.15, 0.2) is 23.3 Å². The highest BCUT2D eigenvalue weighted by atomic mass is 16.5. The average molecular weight is 330 g/mol. The summed E-state index contributed by atoms with van der Waals surface area (Å²) in [6.45, 7) is 0. The van der Waals surface area contributed by atoms with Crippen LogP contribution in [0.4, 0.5) is 0 Å². The Labute approximate surface area is 143 Å². The van der Waals surface area contributed by atoms with Crippen LogP contribution in [0, 0.1) is 11.8 Å². The normalized spacial score (nSPS) is 25.0. The number of hydrogen-bond acceptors (Lipinski definition) is 4. The standard InChI is InChI=1S/C19H26N2O3/c1-23-17-10-15(11-18(12-17)24-2)19(22)21-20-16-8-7-13-5-3-4-6-14(13)9-16/h10-14H,3-9H2,1-2H3,(H,21,22)/b20-16-/t13-,14+/m0/s1. The number of rotatable bonds is 4. The summed E-state index contributed by atoms with van der Waals surface area (Å²) in [5.74, 6) is 2.59. The topological polar surface area (TPSA) is 59.9 Å². The fourth-order valence-electron chi connectivity index (χ4n) is 3.92. The minimum Gasteiger partial charge on any atom is -0.497 e. The SMILES string of the molecule is COc1cc(OC)cc(C(=O)N/N=C2/CC[C@@H]3CCCC[C@@H]3C2)c1. The summed E-state index contributed by atoms with van der Waals surface area (Å²) in [6, 6.07) is 5.12. The fraction of sp³-hybridized carbons (Fsp3) is 0.579. The van der Waals surface area contributed by atoms with Gasteiger partial charge in [-0.05, 0) is 49.7 Å². The van der Waals surface area contributed by atoms with Gasteiger partial charge in [0.2, 0.25) is 0 Å². The van der Waals surface area contributed by atoms with Gasteiger partial charge in [0.05, 0.1) is 14.2 Å². The number of hydrogen-bond donors (Lipinski definition) is 1. The van der Waals surface area contributed by atoms with Crippen molar-refractivity contribution in [2.45, 2.75) is 44.9 Å².